The van der Waals surface area contributed by atoms with Crippen LogP contribution in [0.5, 0.6) is 0 Å². The summed E-state index contributed by atoms with van der Waals surface area (Å²) >= 11 is 0. The first-order valence-corrected chi connectivity index (χ1v) is 7.65. The van der Waals surface area contributed by atoms with Crippen molar-refractivity contribution >= 4 is 17.9 Å². The van der Waals surface area contributed by atoms with Crippen molar-refractivity contribution in [3.05, 3.63) is 41.9 Å². The van der Waals surface area contributed by atoms with E-state index in [1.54, 1.807) is 43.5 Å². The van der Waals surface area contributed by atoms with Crippen molar-refractivity contribution < 1.29 is 19.0 Å². The number of allylic oxidation sites excluding steroid dienone is 1. The monoisotopic (exact) mass is 317 g/mol. The van der Waals surface area contributed by atoms with E-state index in [9.17, 15) is 4.79 Å². The van der Waals surface area contributed by atoms with Gasteiger partial charge in [-0.1, -0.05) is 0 Å². The van der Waals surface area contributed by atoms with Gasteiger partial charge in [-0.15, -0.1) is 0 Å². The van der Waals surface area contributed by atoms with Gasteiger partial charge in [0.05, 0.1) is 17.9 Å². The Morgan fingerprint density at radius 2 is 1.70 bits per heavy atom. The van der Waals surface area contributed by atoms with E-state index in [0.29, 0.717) is 18.1 Å². The molecule has 0 unspecified atom stereocenters. The zero-order valence-electron chi connectivity index (χ0n) is 14.3. The van der Waals surface area contributed by atoms with Crippen LogP contribution in [0.15, 0.2) is 41.3 Å². The first-order valence-electron chi connectivity index (χ1n) is 7.65. The van der Waals surface area contributed by atoms with Crippen LogP contribution in [0, 0.1) is 0 Å². The molecule has 5 heteroatoms. The lowest BCUT2D eigenvalue weighted by Crippen LogP contribution is -2.41. The molecule has 2 rings (SSSR count). The van der Waals surface area contributed by atoms with Crippen molar-refractivity contribution in [2.45, 2.75) is 45.8 Å². The summed E-state index contributed by atoms with van der Waals surface area (Å²) in [6, 6.07) is 6.89. The van der Waals surface area contributed by atoms with Gasteiger partial charge in [0.25, 0.3) is 5.95 Å². The average Bonchev–Trinajstić information content (AvgIpc) is 2.67. The number of aliphatic imine (C=N–C) groups is 1. The Balaban J connectivity index is 2.02. The maximum atomic E-state index is 11.6. The van der Waals surface area contributed by atoms with Crippen LogP contribution in [-0.2, 0) is 14.2 Å². The van der Waals surface area contributed by atoms with Gasteiger partial charge in [0.2, 0.25) is 0 Å². The Morgan fingerprint density at radius 1 is 1.13 bits per heavy atom. The molecular formula is C18H23NO4. The quantitative estimate of drug-likeness (QED) is 0.622. The molecule has 0 aliphatic carbocycles. The fourth-order valence-electron chi connectivity index (χ4n) is 1.92. The fraction of sp³-hybridized carbons (Fsp3) is 0.444. The normalized spacial score (nSPS) is 18.4. The van der Waals surface area contributed by atoms with Crippen LogP contribution in [-0.4, -0.2) is 30.0 Å². The number of hydrogen-bond acceptors (Lipinski definition) is 5. The van der Waals surface area contributed by atoms with Crippen LogP contribution in [0.1, 0.15) is 45.0 Å². The number of nitrogens with zero attached hydrogens (tertiary/aromatic N) is 1. The number of carbonyl (C=O) groups excluding carboxylic acids is 1. The molecule has 0 saturated carbocycles. The second-order valence-electron chi connectivity index (χ2n) is 6.26. The van der Waals surface area contributed by atoms with Crippen molar-refractivity contribution in [1.82, 2.24) is 0 Å². The lowest BCUT2D eigenvalue weighted by molar-refractivity contribution is 0.00578. The summed E-state index contributed by atoms with van der Waals surface area (Å²) in [4.78, 5) is 15.9. The maximum Gasteiger partial charge on any atom is 0.338 e. The fourth-order valence-corrected chi connectivity index (χ4v) is 1.92. The molecule has 0 bridgehead atoms. The molecule has 124 valence electrons. The molecule has 1 aliphatic rings. The van der Waals surface area contributed by atoms with Crippen LogP contribution >= 0.6 is 0 Å². The number of carbonyl (C=O) groups is 1. The summed E-state index contributed by atoms with van der Waals surface area (Å²) in [5.74, 6) is 0.120. The minimum Gasteiger partial charge on any atom is -0.462 e. The summed E-state index contributed by atoms with van der Waals surface area (Å²) < 4.78 is 16.5. The van der Waals surface area contributed by atoms with Crippen molar-refractivity contribution in [3.8, 4) is 0 Å². The molecule has 0 N–H and O–H groups in total. The number of benzene rings is 1. The second kappa shape index (κ2) is 6.44. The van der Waals surface area contributed by atoms with Gasteiger partial charge in [0.15, 0.2) is 0 Å². The zero-order chi connectivity index (χ0) is 17.1. The van der Waals surface area contributed by atoms with Gasteiger partial charge in [0, 0.05) is 12.3 Å². The Hall–Kier alpha value is -2.30. The van der Waals surface area contributed by atoms with Gasteiger partial charge >= 0.3 is 5.97 Å². The number of hydrogen-bond donors (Lipinski definition) is 0. The van der Waals surface area contributed by atoms with Crippen LogP contribution in [0.2, 0.25) is 0 Å². The van der Waals surface area contributed by atoms with Crippen LogP contribution in [0.3, 0.4) is 0 Å². The predicted molar refractivity (Wildman–Crippen MR) is 89.0 cm³/mol. The molecule has 1 fully saturated rings. The number of esters is 1. The van der Waals surface area contributed by atoms with Crippen LogP contribution < -0.4 is 0 Å². The van der Waals surface area contributed by atoms with Gasteiger partial charge in [0.1, 0.15) is 11.2 Å². The van der Waals surface area contributed by atoms with Gasteiger partial charge < -0.3 is 14.2 Å². The van der Waals surface area contributed by atoms with E-state index in [0.717, 1.165) is 5.69 Å². The third-order valence-corrected chi connectivity index (χ3v) is 3.97. The molecule has 1 aromatic rings. The minimum absolute atomic E-state index is 0.331. The van der Waals surface area contributed by atoms with E-state index < -0.39 is 11.2 Å². The third-order valence-electron chi connectivity index (χ3n) is 3.97. The topological polar surface area (TPSA) is 57.1 Å². The molecular weight excluding hydrogens is 294 g/mol. The summed E-state index contributed by atoms with van der Waals surface area (Å²) in [7, 11) is 0. The van der Waals surface area contributed by atoms with E-state index >= 15 is 0 Å². The SMILES string of the molecule is CCOC(=O)c1ccc(N=CC=C2OC(C)(C)C(C)(C)O2)cc1. The molecule has 5 nitrogen and oxygen atoms in total. The van der Waals surface area contributed by atoms with E-state index in [4.69, 9.17) is 14.2 Å². The summed E-state index contributed by atoms with van der Waals surface area (Å²) in [6.07, 6.45) is 3.31. The molecule has 0 spiro atoms. The largest absolute Gasteiger partial charge is 0.462 e. The highest BCUT2D eigenvalue weighted by Gasteiger charge is 2.48. The molecule has 1 aliphatic heterocycles. The minimum atomic E-state index is -0.395. The average molecular weight is 317 g/mol. The predicted octanol–water partition coefficient (Wildman–Crippen LogP) is 4.01. The molecule has 0 amide bonds. The molecule has 1 saturated heterocycles. The van der Waals surface area contributed by atoms with E-state index in [-0.39, 0.29) is 5.97 Å². The Kier molecular flexibility index (Phi) is 4.78. The van der Waals surface area contributed by atoms with Crippen molar-refractivity contribution in [1.29, 1.82) is 0 Å². The molecule has 1 heterocycles. The molecule has 23 heavy (non-hydrogen) atoms. The standard InChI is InChI=1S/C18H23NO4/c1-6-21-16(20)13-7-9-14(10-8-13)19-12-11-15-22-17(2,3)18(4,5)23-15/h7-12H,6H2,1-5H3. The molecule has 0 radical (unpaired) electrons. The third kappa shape index (κ3) is 3.92. The highest BCUT2D eigenvalue weighted by Crippen LogP contribution is 2.39. The smallest absolute Gasteiger partial charge is 0.338 e. The molecule has 0 atom stereocenters. The highest BCUT2D eigenvalue weighted by molar-refractivity contribution is 5.89. The van der Waals surface area contributed by atoms with Gasteiger partial charge in [-0.2, -0.15) is 0 Å². The van der Waals surface area contributed by atoms with Crippen molar-refractivity contribution in [3.63, 3.8) is 0 Å². The molecule has 0 aromatic heterocycles. The Morgan fingerprint density at radius 3 is 2.22 bits per heavy atom. The van der Waals surface area contributed by atoms with E-state index in [2.05, 4.69) is 4.99 Å². The number of rotatable bonds is 4. The van der Waals surface area contributed by atoms with Gasteiger partial charge in [-0.3, -0.25) is 4.99 Å². The lowest BCUT2D eigenvalue weighted by atomic mass is 9.90. The van der Waals surface area contributed by atoms with Crippen molar-refractivity contribution in [2.75, 3.05) is 6.61 Å². The summed E-state index contributed by atoms with van der Waals surface area (Å²) in [5, 5.41) is 0. The Labute approximate surface area is 137 Å². The first kappa shape index (κ1) is 17.1. The van der Waals surface area contributed by atoms with E-state index in [1.807, 2.05) is 27.7 Å². The maximum absolute atomic E-state index is 11.6. The van der Waals surface area contributed by atoms with E-state index in [1.165, 1.54) is 0 Å². The zero-order valence-corrected chi connectivity index (χ0v) is 14.3. The lowest BCUT2D eigenvalue weighted by Gasteiger charge is -2.28. The summed E-state index contributed by atoms with van der Waals surface area (Å²) in [5.41, 5.74) is 0.448. The summed E-state index contributed by atoms with van der Waals surface area (Å²) in [6.45, 7) is 10.1. The van der Waals surface area contributed by atoms with Gasteiger partial charge in [-0.25, -0.2) is 4.79 Å². The van der Waals surface area contributed by atoms with Crippen LogP contribution in [0.4, 0.5) is 5.69 Å². The highest BCUT2D eigenvalue weighted by atomic mass is 16.7. The van der Waals surface area contributed by atoms with Gasteiger partial charge in [-0.05, 0) is 58.9 Å². The van der Waals surface area contributed by atoms with Crippen molar-refractivity contribution in [2.24, 2.45) is 4.99 Å². The number of ether oxygens (including phenoxy) is 3. The second-order valence-corrected chi connectivity index (χ2v) is 6.26. The Bertz CT molecular complexity index is 609. The molecule has 1 aromatic carbocycles. The van der Waals surface area contributed by atoms with Crippen LogP contribution in [0.25, 0.3) is 0 Å². The first-order chi connectivity index (χ1) is 10.7.